The van der Waals surface area contributed by atoms with Gasteiger partial charge in [0.1, 0.15) is 12.1 Å². The van der Waals surface area contributed by atoms with Gasteiger partial charge in [-0.25, -0.2) is 9.59 Å². The Labute approximate surface area is 332 Å². The molecule has 56 heavy (non-hydrogen) atoms. The maximum absolute atomic E-state index is 11.5. The Hall–Kier alpha value is -4.56. The summed E-state index contributed by atoms with van der Waals surface area (Å²) in [5.41, 5.74) is 2.07. The maximum Gasteiger partial charge on any atom is 0.326 e. The van der Waals surface area contributed by atoms with Crippen LogP contribution in [-0.2, 0) is 41.5 Å². The summed E-state index contributed by atoms with van der Waals surface area (Å²) in [7, 11) is 6.49. The fraction of sp³-hybridized carbons (Fsp3) is 0.619. The minimum atomic E-state index is -1.02. The van der Waals surface area contributed by atoms with Crippen molar-refractivity contribution in [3.8, 4) is 23.0 Å². The van der Waals surface area contributed by atoms with Crippen LogP contribution in [0.15, 0.2) is 36.4 Å². The molecule has 316 valence electrons. The highest BCUT2D eigenvalue weighted by Crippen LogP contribution is 2.32. The summed E-state index contributed by atoms with van der Waals surface area (Å²) in [4.78, 5) is 45.6. The zero-order valence-electron chi connectivity index (χ0n) is 35.0. The molecule has 0 spiro atoms. The van der Waals surface area contributed by atoms with Crippen molar-refractivity contribution in [2.24, 2.45) is 23.7 Å². The molecule has 0 aliphatic rings. The van der Waals surface area contributed by atoms with Gasteiger partial charge in [0.15, 0.2) is 23.0 Å². The molecule has 4 atom stereocenters. The van der Waals surface area contributed by atoms with Crippen molar-refractivity contribution in [3.63, 3.8) is 0 Å². The van der Waals surface area contributed by atoms with Crippen LogP contribution in [0, 0.1) is 23.7 Å². The number of benzene rings is 2. The number of carboxylic acids is 2. The molecule has 0 heterocycles. The summed E-state index contributed by atoms with van der Waals surface area (Å²) < 4.78 is 32.5. The van der Waals surface area contributed by atoms with Gasteiger partial charge in [0, 0.05) is 54.1 Å². The first-order chi connectivity index (χ1) is 26.6. The number of methoxy groups -OCH3 is 4. The van der Waals surface area contributed by atoms with Gasteiger partial charge in [-0.05, 0) is 84.7 Å². The van der Waals surface area contributed by atoms with E-state index in [4.69, 9.17) is 28.4 Å². The molecule has 0 unspecified atom stereocenters. The van der Waals surface area contributed by atoms with E-state index in [0.717, 1.165) is 24.0 Å². The average molecular weight is 791 g/mol. The molecule has 4 N–H and O–H groups in total. The van der Waals surface area contributed by atoms with Crippen molar-refractivity contribution in [1.82, 2.24) is 10.6 Å². The van der Waals surface area contributed by atoms with Crippen molar-refractivity contribution < 1.29 is 57.8 Å². The topological polar surface area (TPSA) is 188 Å². The second-order valence-corrected chi connectivity index (χ2v) is 14.4. The number of carbonyl (C=O) groups excluding carboxylic acids is 2. The summed E-state index contributed by atoms with van der Waals surface area (Å²) in [6.45, 7) is 13.2. The molecule has 14 nitrogen and oxygen atoms in total. The highest BCUT2D eigenvalue weighted by Gasteiger charge is 2.27. The zero-order valence-corrected chi connectivity index (χ0v) is 35.0. The molecule has 2 aromatic carbocycles. The van der Waals surface area contributed by atoms with Crippen molar-refractivity contribution >= 4 is 23.8 Å². The SMILES string of the molecule is COCCCOc1cc(C[C@@H](C[C@H](NC(C)=O)C(=O)O)C(C)C)ccc1OC.COCCCOc1cc(C[C@H](C[C@@H](NC(C)=O)C(=O)O)C(C)C)ccc1OC. The Morgan fingerprint density at radius 3 is 1.20 bits per heavy atom. The Balaban J connectivity index is 0.000000560. The number of hydrogen-bond acceptors (Lipinski definition) is 10. The van der Waals surface area contributed by atoms with Crippen LogP contribution < -0.4 is 29.6 Å². The predicted octanol–water partition coefficient (Wildman–Crippen LogP) is 5.81. The fourth-order valence-electron chi connectivity index (χ4n) is 6.02. The van der Waals surface area contributed by atoms with Crippen molar-refractivity contribution in [2.75, 3.05) is 54.9 Å². The smallest absolute Gasteiger partial charge is 0.326 e. The number of hydrogen-bond donors (Lipinski definition) is 4. The lowest BCUT2D eigenvalue weighted by Crippen LogP contribution is -2.41. The van der Waals surface area contributed by atoms with Crippen molar-refractivity contribution in [2.45, 2.75) is 92.2 Å². The van der Waals surface area contributed by atoms with Gasteiger partial charge in [-0.3, -0.25) is 9.59 Å². The maximum atomic E-state index is 11.5. The minimum absolute atomic E-state index is 0.0858. The van der Waals surface area contributed by atoms with E-state index in [1.54, 1.807) is 28.4 Å². The zero-order chi connectivity index (χ0) is 42.2. The van der Waals surface area contributed by atoms with Gasteiger partial charge in [-0.15, -0.1) is 0 Å². The van der Waals surface area contributed by atoms with E-state index in [9.17, 15) is 29.4 Å². The van der Waals surface area contributed by atoms with Gasteiger partial charge in [0.05, 0.1) is 27.4 Å². The van der Waals surface area contributed by atoms with E-state index in [0.29, 0.717) is 75.1 Å². The van der Waals surface area contributed by atoms with Crippen LogP contribution in [0.5, 0.6) is 23.0 Å². The molecule has 0 aromatic heterocycles. The second kappa shape index (κ2) is 27.1. The standard InChI is InChI=1S/2C21H33NO6/c2*1-14(2)17(13-18(21(24)25)22-15(3)23)11-16-7-8-19(27-5)20(12-16)28-10-6-9-26-4/h2*7-8,12,14,17-18H,6,9-11,13H2,1-5H3,(H,22,23)(H,24,25)/t2*17-,18-/m10/s1. The van der Waals surface area contributed by atoms with Crippen LogP contribution in [0.25, 0.3) is 0 Å². The Kier molecular flexibility index (Phi) is 23.9. The quantitative estimate of drug-likeness (QED) is 0.0839. The summed E-state index contributed by atoms with van der Waals surface area (Å²) in [6.07, 6.45) is 3.63. The first kappa shape index (κ1) is 49.5. The molecule has 0 aliphatic heterocycles. The van der Waals surface area contributed by atoms with Crippen molar-refractivity contribution in [1.29, 1.82) is 0 Å². The summed E-state index contributed by atoms with van der Waals surface area (Å²) >= 11 is 0. The Morgan fingerprint density at radius 1 is 0.571 bits per heavy atom. The van der Waals surface area contributed by atoms with Crippen molar-refractivity contribution in [3.05, 3.63) is 47.5 Å². The molecule has 0 fully saturated rings. The molecule has 2 rings (SSSR count). The third-order valence-corrected chi connectivity index (χ3v) is 9.27. The minimum Gasteiger partial charge on any atom is -0.493 e. The van der Waals surface area contributed by atoms with Crippen LogP contribution in [-0.4, -0.2) is 101 Å². The molecule has 2 aromatic rings. The molecule has 0 saturated heterocycles. The van der Waals surface area contributed by atoms with Gasteiger partial charge in [0.2, 0.25) is 11.8 Å². The van der Waals surface area contributed by atoms with E-state index in [1.807, 2.05) is 36.4 Å². The Morgan fingerprint density at radius 2 is 0.929 bits per heavy atom. The number of carboxylic acid groups (broad SMARTS) is 2. The molecule has 0 aliphatic carbocycles. The predicted molar refractivity (Wildman–Crippen MR) is 214 cm³/mol. The molecular weight excluding hydrogens is 724 g/mol. The first-order valence-corrected chi connectivity index (χ1v) is 19.1. The molecule has 2 amide bonds. The van der Waals surface area contributed by atoms with E-state index in [-0.39, 0.29) is 35.5 Å². The normalized spacial score (nSPS) is 13.1. The fourth-order valence-corrected chi connectivity index (χ4v) is 6.02. The third kappa shape index (κ3) is 19.3. The van der Waals surface area contributed by atoms with Gasteiger partial charge in [0.25, 0.3) is 0 Å². The Bertz CT molecular complexity index is 1370. The second-order valence-electron chi connectivity index (χ2n) is 14.4. The number of carbonyl (C=O) groups is 4. The van der Waals surface area contributed by atoms with Gasteiger partial charge >= 0.3 is 11.9 Å². The largest absolute Gasteiger partial charge is 0.493 e. The lowest BCUT2D eigenvalue weighted by atomic mass is 9.84. The van der Waals surface area contributed by atoms with E-state index < -0.39 is 24.0 Å². The molecular formula is C42H66N2O12. The highest BCUT2D eigenvalue weighted by molar-refractivity contribution is 5.82. The molecule has 14 heteroatoms. The van der Waals surface area contributed by atoms with E-state index in [1.165, 1.54) is 13.8 Å². The van der Waals surface area contributed by atoms with Crippen LogP contribution >= 0.6 is 0 Å². The summed E-state index contributed by atoms with van der Waals surface area (Å²) in [5, 5.41) is 23.9. The van der Waals surface area contributed by atoms with E-state index >= 15 is 0 Å². The lowest BCUT2D eigenvalue weighted by Gasteiger charge is -2.25. The van der Waals surface area contributed by atoms with Gasteiger partial charge in [-0.1, -0.05) is 39.8 Å². The average Bonchev–Trinajstić information content (AvgIpc) is 3.13. The monoisotopic (exact) mass is 790 g/mol. The van der Waals surface area contributed by atoms with Crippen LogP contribution in [0.1, 0.15) is 78.4 Å². The molecule has 0 bridgehead atoms. The van der Waals surface area contributed by atoms with Gasteiger partial charge in [-0.2, -0.15) is 0 Å². The van der Waals surface area contributed by atoms with Crippen LogP contribution in [0.2, 0.25) is 0 Å². The van der Waals surface area contributed by atoms with Crippen LogP contribution in [0.3, 0.4) is 0 Å². The van der Waals surface area contributed by atoms with Crippen LogP contribution in [0.4, 0.5) is 0 Å². The number of aliphatic carboxylic acids is 2. The molecule has 0 radical (unpaired) electrons. The molecule has 0 saturated carbocycles. The number of nitrogens with one attached hydrogen (secondary N) is 2. The number of amides is 2. The number of ether oxygens (including phenoxy) is 6. The lowest BCUT2D eigenvalue weighted by molar-refractivity contribution is -0.142. The summed E-state index contributed by atoms with van der Waals surface area (Å²) in [6, 6.07) is 9.74. The van der Waals surface area contributed by atoms with Gasteiger partial charge < -0.3 is 49.3 Å². The first-order valence-electron chi connectivity index (χ1n) is 19.1. The number of rotatable bonds is 26. The highest BCUT2D eigenvalue weighted by atomic mass is 16.5. The van der Waals surface area contributed by atoms with E-state index in [2.05, 4.69) is 38.3 Å². The summed E-state index contributed by atoms with van der Waals surface area (Å²) in [5.74, 6) is 0.601. The third-order valence-electron chi connectivity index (χ3n) is 9.27.